The van der Waals surface area contributed by atoms with Crippen molar-refractivity contribution in [2.45, 2.75) is 51.4 Å². The van der Waals surface area contributed by atoms with Crippen LogP contribution in [0.1, 0.15) is 49.7 Å². The topological polar surface area (TPSA) is 0 Å². The molecule has 0 fully saturated rings. The van der Waals surface area contributed by atoms with Crippen LogP contribution >= 0.6 is 0 Å². The summed E-state index contributed by atoms with van der Waals surface area (Å²) in [7, 11) is 0. The van der Waals surface area contributed by atoms with Crippen molar-refractivity contribution in [2.75, 3.05) is 0 Å². The largest absolute Gasteiger partial charge is 0.103 e. The molecule has 144 valence electrons. The Hall–Kier alpha value is -2.60. The summed E-state index contributed by atoms with van der Waals surface area (Å²) >= 11 is 0. The summed E-state index contributed by atoms with van der Waals surface area (Å²) in [6.45, 7) is 8.08. The lowest BCUT2D eigenvalue weighted by Crippen LogP contribution is -2.09. The van der Waals surface area contributed by atoms with E-state index >= 15 is 0 Å². The fourth-order valence-corrected chi connectivity index (χ4v) is 4.30. The predicted octanol–water partition coefficient (Wildman–Crippen LogP) is 7.79. The molecule has 0 radical (unpaired) electrons. The van der Waals surface area contributed by atoms with E-state index in [2.05, 4.69) is 86.0 Å². The minimum absolute atomic E-state index is 0.946. The van der Waals surface area contributed by atoms with Gasteiger partial charge in [0.1, 0.15) is 0 Å². The molecule has 2 aromatic carbocycles. The Morgan fingerprint density at radius 1 is 0.750 bits per heavy atom. The van der Waals surface area contributed by atoms with Gasteiger partial charge in [0.05, 0.1) is 0 Å². The quantitative estimate of drug-likeness (QED) is 0.396. The molecule has 1 aliphatic carbocycles. The average molecular weight is 369 g/mol. The molecule has 0 saturated carbocycles. The Kier molecular flexibility index (Phi) is 7.67. The van der Waals surface area contributed by atoms with Gasteiger partial charge in [-0.05, 0) is 73.6 Å². The van der Waals surface area contributed by atoms with Crippen molar-refractivity contribution in [1.82, 2.24) is 0 Å². The highest BCUT2D eigenvalue weighted by Gasteiger charge is 2.19. The van der Waals surface area contributed by atoms with Gasteiger partial charge in [0.25, 0.3) is 0 Å². The van der Waals surface area contributed by atoms with Crippen LogP contribution in [0.4, 0.5) is 0 Å². The first kappa shape index (κ1) is 20.1. The van der Waals surface area contributed by atoms with Crippen LogP contribution in [0.5, 0.6) is 0 Å². The Morgan fingerprint density at radius 2 is 1.36 bits per heavy atom. The number of hydrogen-bond acceptors (Lipinski definition) is 0. The molecule has 0 atom stereocenters. The Bertz CT molecular complexity index is 834. The molecule has 0 heteroatoms. The van der Waals surface area contributed by atoms with E-state index in [-0.39, 0.29) is 0 Å². The SMILES string of the molecule is C=CCC1=C(/C(Cc2ccccc2)=C(\CC=C)Cc2ccccc2)CCCC1. The second-order valence-electron chi connectivity index (χ2n) is 7.68. The first-order chi connectivity index (χ1) is 13.8. The van der Waals surface area contributed by atoms with Gasteiger partial charge in [-0.2, -0.15) is 0 Å². The van der Waals surface area contributed by atoms with Gasteiger partial charge in [0, 0.05) is 0 Å². The highest BCUT2D eigenvalue weighted by atomic mass is 14.2. The van der Waals surface area contributed by atoms with Crippen LogP contribution in [0, 0.1) is 0 Å². The molecule has 0 heterocycles. The van der Waals surface area contributed by atoms with E-state index in [4.69, 9.17) is 0 Å². The summed E-state index contributed by atoms with van der Waals surface area (Å²) in [5.74, 6) is 0. The fourth-order valence-electron chi connectivity index (χ4n) is 4.30. The van der Waals surface area contributed by atoms with E-state index in [1.807, 2.05) is 0 Å². The summed E-state index contributed by atoms with van der Waals surface area (Å²) in [5.41, 5.74) is 9.04. The standard InChI is InChI=1S/C28H32/c1-3-13-25-19-11-12-20-27(25)28(22-24-17-9-6-10-18-24)26(14-4-2)21-23-15-7-5-8-16-23/h3-10,15-18H,1-2,11-14,19-22H2/b28-26+. The first-order valence-electron chi connectivity index (χ1n) is 10.5. The van der Waals surface area contributed by atoms with Gasteiger partial charge in [-0.25, -0.2) is 0 Å². The van der Waals surface area contributed by atoms with Crippen LogP contribution in [0.2, 0.25) is 0 Å². The van der Waals surface area contributed by atoms with E-state index in [9.17, 15) is 0 Å². The highest BCUT2D eigenvalue weighted by molar-refractivity contribution is 5.45. The molecular formula is C28H32. The molecule has 0 saturated heterocycles. The maximum Gasteiger partial charge on any atom is -0.00233 e. The second kappa shape index (κ2) is 10.7. The summed E-state index contributed by atoms with van der Waals surface area (Å²) in [6.07, 6.45) is 13.1. The molecule has 0 amide bonds. The Balaban J connectivity index is 2.09. The zero-order valence-corrected chi connectivity index (χ0v) is 17.0. The summed E-state index contributed by atoms with van der Waals surface area (Å²) < 4.78 is 0. The Labute approximate surface area is 171 Å². The third-order valence-corrected chi connectivity index (χ3v) is 5.64. The van der Waals surface area contributed by atoms with Crippen molar-refractivity contribution >= 4 is 0 Å². The van der Waals surface area contributed by atoms with Crippen molar-refractivity contribution in [2.24, 2.45) is 0 Å². The lowest BCUT2D eigenvalue weighted by molar-refractivity contribution is 0.661. The van der Waals surface area contributed by atoms with Gasteiger partial charge < -0.3 is 0 Å². The molecule has 0 aromatic heterocycles. The number of benzene rings is 2. The van der Waals surface area contributed by atoms with E-state index in [1.165, 1.54) is 42.4 Å². The van der Waals surface area contributed by atoms with Crippen LogP contribution in [0.3, 0.4) is 0 Å². The third kappa shape index (κ3) is 5.45. The van der Waals surface area contributed by atoms with Crippen molar-refractivity contribution in [3.05, 3.63) is 119 Å². The normalized spacial score (nSPS) is 15.1. The monoisotopic (exact) mass is 368 g/mol. The second-order valence-corrected chi connectivity index (χ2v) is 7.68. The first-order valence-corrected chi connectivity index (χ1v) is 10.5. The lowest BCUT2D eigenvalue weighted by Gasteiger charge is -2.25. The van der Waals surface area contributed by atoms with E-state index in [1.54, 1.807) is 16.7 Å². The fraction of sp³-hybridized carbons (Fsp3) is 0.286. The van der Waals surface area contributed by atoms with Crippen LogP contribution in [-0.4, -0.2) is 0 Å². The molecule has 0 unspecified atom stereocenters. The molecular weight excluding hydrogens is 336 g/mol. The predicted molar refractivity (Wildman–Crippen MR) is 122 cm³/mol. The van der Waals surface area contributed by atoms with Crippen LogP contribution in [0.15, 0.2) is 108 Å². The molecule has 0 aliphatic heterocycles. The summed E-state index contributed by atoms with van der Waals surface area (Å²) in [5, 5.41) is 0. The molecule has 28 heavy (non-hydrogen) atoms. The maximum absolute atomic E-state index is 4.07. The minimum Gasteiger partial charge on any atom is -0.103 e. The molecule has 3 rings (SSSR count). The molecule has 0 bridgehead atoms. The summed E-state index contributed by atoms with van der Waals surface area (Å²) in [4.78, 5) is 0. The molecule has 2 aromatic rings. The van der Waals surface area contributed by atoms with Crippen molar-refractivity contribution < 1.29 is 0 Å². The van der Waals surface area contributed by atoms with Gasteiger partial charge >= 0.3 is 0 Å². The van der Waals surface area contributed by atoms with Crippen molar-refractivity contribution in [3.63, 3.8) is 0 Å². The molecule has 0 nitrogen and oxygen atoms in total. The lowest BCUT2D eigenvalue weighted by atomic mass is 9.80. The highest BCUT2D eigenvalue weighted by Crippen LogP contribution is 2.36. The van der Waals surface area contributed by atoms with Gasteiger partial charge in [-0.15, -0.1) is 13.2 Å². The molecule has 0 spiro atoms. The van der Waals surface area contributed by atoms with Crippen LogP contribution < -0.4 is 0 Å². The van der Waals surface area contributed by atoms with E-state index < -0.39 is 0 Å². The number of rotatable bonds is 9. The van der Waals surface area contributed by atoms with E-state index in [0.717, 1.165) is 25.7 Å². The average Bonchev–Trinajstić information content (AvgIpc) is 2.74. The zero-order valence-electron chi connectivity index (χ0n) is 17.0. The number of allylic oxidation sites excluding steroid dienone is 6. The van der Waals surface area contributed by atoms with Gasteiger partial charge in [-0.3, -0.25) is 0 Å². The molecule has 0 N–H and O–H groups in total. The van der Waals surface area contributed by atoms with E-state index in [0.29, 0.717) is 0 Å². The van der Waals surface area contributed by atoms with Crippen LogP contribution in [-0.2, 0) is 12.8 Å². The minimum atomic E-state index is 0.946. The number of hydrogen-bond donors (Lipinski definition) is 0. The summed E-state index contributed by atoms with van der Waals surface area (Å²) in [6, 6.07) is 21.8. The smallest absolute Gasteiger partial charge is 0.00233 e. The van der Waals surface area contributed by atoms with Crippen molar-refractivity contribution in [3.8, 4) is 0 Å². The van der Waals surface area contributed by atoms with Crippen molar-refractivity contribution in [1.29, 1.82) is 0 Å². The van der Waals surface area contributed by atoms with Crippen LogP contribution in [0.25, 0.3) is 0 Å². The van der Waals surface area contributed by atoms with Gasteiger partial charge in [0.2, 0.25) is 0 Å². The zero-order chi connectivity index (χ0) is 19.6. The van der Waals surface area contributed by atoms with Gasteiger partial charge in [0.15, 0.2) is 0 Å². The van der Waals surface area contributed by atoms with Gasteiger partial charge in [-0.1, -0.05) is 84.0 Å². The third-order valence-electron chi connectivity index (χ3n) is 5.64. The Morgan fingerprint density at radius 3 is 1.96 bits per heavy atom. The maximum atomic E-state index is 4.07. The molecule has 1 aliphatic rings.